The van der Waals surface area contributed by atoms with Gasteiger partial charge < -0.3 is 5.73 Å². The van der Waals surface area contributed by atoms with Crippen LogP contribution in [0.4, 0.5) is 20.4 Å². The summed E-state index contributed by atoms with van der Waals surface area (Å²) in [4.78, 5) is 7.66. The van der Waals surface area contributed by atoms with Gasteiger partial charge in [0, 0.05) is 0 Å². The summed E-state index contributed by atoms with van der Waals surface area (Å²) in [5.74, 6) is -1.92. The first-order chi connectivity index (χ1) is 12.3. The number of benzene rings is 1. The third kappa shape index (κ3) is 3.58. The van der Waals surface area contributed by atoms with Gasteiger partial charge in [-0.25, -0.2) is 18.7 Å². The maximum atomic E-state index is 14.0. The molecule has 0 radical (unpaired) electrons. The fourth-order valence-electron chi connectivity index (χ4n) is 2.17. The number of sulfonamides is 1. The second-order valence-corrected chi connectivity index (χ2v) is 7.17. The number of hydrogen-bond acceptors (Lipinski definition) is 5. The summed E-state index contributed by atoms with van der Waals surface area (Å²) in [6, 6.07) is 9.92. The minimum absolute atomic E-state index is 0.0195. The number of nitrogens with zero attached hydrogens (tertiary/aromatic N) is 2. The number of pyridine rings is 2. The Morgan fingerprint density at radius 1 is 0.962 bits per heavy atom. The SMILES string of the molecule is Nc1cccc(S(=O)(=O)Nc2ccc(Cl)c(-c3c(F)cccc3F)n2)n1. The Morgan fingerprint density at radius 3 is 2.27 bits per heavy atom. The van der Waals surface area contributed by atoms with Crippen molar-refractivity contribution in [2.24, 2.45) is 0 Å². The Bertz CT molecular complexity index is 1070. The van der Waals surface area contributed by atoms with Gasteiger partial charge >= 0.3 is 0 Å². The van der Waals surface area contributed by atoms with Crippen molar-refractivity contribution >= 4 is 33.3 Å². The largest absolute Gasteiger partial charge is 0.384 e. The lowest BCUT2D eigenvalue weighted by atomic mass is 10.1. The summed E-state index contributed by atoms with van der Waals surface area (Å²) in [5.41, 5.74) is 4.79. The molecule has 0 aliphatic carbocycles. The maximum Gasteiger partial charge on any atom is 0.280 e. The molecular formula is C16H11ClF2N4O2S. The van der Waals surface area contributed by atoms with Crippen molar-refractivity contribution in [3.8, 4) is 11.3 Å². The first-order valence-corrected chi connectivity index (χ1v) is 9.00. The Balaban J connectivity index is 2.03. The summed E-state index contributed by atoms with van der Waals surface area (Å²) in [5, 5.41) is -0.369. The fraction of sp³-hybridized carbons (Fsp3) is 0. The Hall–Kier alpha value is -2.78. The molecule has 3 aromatic rings. The first kappa shape index (κ1) is 18.0. The quantitative estimate of drug-likeness (QED) is 0.703. The van der Waals surface area contributed by atoms with Gasteiger partial charge in [0.1, 0.15) is 23.3 Å². The van der Waals surface area contributed by atoms with Gasteiger partial charge in [-0.05, 0) is 36.4 Å². The number of aromatic nitrogens is 2. The van der Waals surface area contributed by atoms with E-state index in [1.807, 2.05) is 0 Å². The normalized spacial score (nSPS) is 11.3. The number of rotatable bonds is 4. The average Bonchev–Trinajstić information content (AvgIpc) is 2.57. The van der Waals surface area contributed by atoms with E-state index in [1.165, 1.54) is 36.4 Å². The summed E-state index contributed by atoms with van der Waals surface area (Å²) >= 11 is 5.98. The lowest BCUT2D eigenvalue weighted by Gasteiger charge is -2.11. The molecule has 3 N–H and O–H groups in total. The number of nitrogens with two attached hydrogens (primary N) is 1. The van der Waals surface area contributed by atoms with Crippen molar-refractivity contribution in [2.45, 2.75) is 5.03 Å². The van der Waals surface area contributed by atoms with Crippen LogP contribution in [0.15, 0.2) is 53.6 Å². The average molecular weight is 397 g/mol. The third-order valence-corrected chi connectivity index (χ3v) is 4.87. The summed E-state index contributed by atoms with van der Waals surface area (Å²) in [6.45, 7) is 0. The molecule has 0 aliphatic heterocycles. The van der Waals surface area contributed by atoms with E-state index in [1.54, 1.807) is 0 Å². The standard InChI is InChI=1S/C16H11ClF2N4O2S/c17-9-7-8-13(22-16(9)15-10(18)3-1-4-11(15)19)23-26(24,25)14-6-2-5-12(20)21-14/h1-8H,(H2,20,21)(H,22,23). The molecule has 26 heavy (non-hydrogen) atoms. The molecule has 2 aromatic heterocycles. The molecule has 6 nitrogen and oxygen atoms in total. The van der Waals surface area contributed by atoms with Crippen LogP contribution >= 0.6 is 11.6 Å². The lowest BCUT2D eigenvalue weighted by molar-refractivity contribution is 0.589. The van der Waals surface area contributed by atoms with Gasteiger partial charge in [0.05, 0.1) is 16.3 Å². The van der Waals surface area contributed by atoms with Gasteiger partial charge in [0.15, 0.2) is 5.03 Å². The van der Waals surface area contributed by atoms with Crippen molar-refractivity contribution in [2.75, 3.05) is 10.5 Å². The summed E-state index contributed by atoms with van der Waals surface area (Å²) in [6.07, 6.45) is 0. The maximum absolute atomic E-state index is 14.0. The zero-order valence-electron chi connectivity index (χ0n) is 12.9. The molecule has 0 saturated heterocycles. The van der Waals surface area contributed by atoms with Gasteiger partial charge in [0.2, 0.25) is 0 Å². The minimum atomic E-state index is -4.10. The molecule has 0 atom stereocenters. The van der Waals surface area contributed by atoms with E-state index >= 15 is 0 Å². The highest BCUT2D eigenvalue weighted by Gasteiger charge is 2.20. The van der Waals surface area contributed by atoms with Crippen molar-refractivity contribution in [1.82, 2.24) is 9.97 Å². The van der Waals surface area contributed by atoms with Crippen molar-refractivity contribution < 1.29 is 17.2 Å². The molecule has 10 heteroatoms. The lowest BCUT2D eigenvalue weighted by Crippen LogP contribution is -2.16. The smallest absolute Gasteiger partial charge is 0.280 e. The van der Waals surface area contributed by atoms with Crippen LogP contribution in [0.5, 0.6) is 0 Å². The van der Waals surface area contributed by atoms with E-state index in [4.69, 9.17) is 17.3 Å². The fourth-order valence-corrected chi connectivity index (χ4v) is 3.35. The Kier molecular flexibility index (Phi) is 4.75. The van der Waals surface area contributed by atoms with E-state index < -0.39 is 27.2 Å². The molecule has 1 aromatic carbocycles. The van der Waals surface area contributed by atoms with Crippen LogP contribution in [0.2, 0.25) is 5.02 Å². The molecule has 0 saturated carbocycles. The number of nitrogen functional groups attached to an aromatic ring is 1. The zero-order valence-corrected chi connectivity index (χ0v) is 14.5. The van der Waals surface area contributed by atoms with Gasteiger partial charge in [-0.2, -0.15) is 8.42 Å². The minimum Gasteiger partial charge on any atom is -0.384 e. The van der Waals surface area contributed by atoms with E-state index in [9.17, 15) is 17.2 Å². The van der Waals surface area contributed by atoms with Crippen molar-refractivity contribution in [1.29, 1.82) is 0 Å². The van der Waals surface area contributed by atoms with Crippen LogP contribution in [0, 0.1) is 11.6 Å². The van der Waals surface area contributed by atoms with E-state index in [0.29, 0.717) is 0 Å². The second-order valence-electron chi connectivity index (χ2n) is 5.13. The second kappa shape index (κ2) is 6.85. The highest BCUT2D eigenvalue weighted by molar-refractivity contribution is 7.92. The van der Waals surface area contributed by atoms with Crippen LogP contribution < -0.4 is 10.5 Å². The van der Waals surface area contributed by atoms with Gasteiger partial charge in [-0.15, -0.1) is 0 Å². The van der Waals surface area contributed by atoms with Crippen molar-refractivity contribution in [3.05, 3.63) is 65.2 Å². The number of hydrogen-bond donors (Lipinski definition) is 2. The van der Waals surface area contributed by atoms with Crippen molar-refractivity contribution in [3.63, 3.8) is 0 Å². The van der Waals surface area contributed by atoms with Crippen LogP contribution in [0.1, 0.15) is 0 Å². The predicted molar refractivity (Wildman–Crippen MR) is 94.1 cm³/mol. The molecule has 134 valence electrons. The van der Waals surface area contributed by atoms with Crippen LogP contribution in [0.3, 0.4) is 0 Å². The predicted octanol–water partition coefficient (Wildman–Crippen LogP) is 3.46. The number of nitrogens with one attached hydrogen (secondary N) is 1. The first-order valence-electron chi connectivity index (χ1n) is 7.14. The topological polar surface area (TPSA) is 98.0 Å². The molecule has 0 amide bonds. The summed E-state index contributed by atoms with van der Waals surface area (Å²) < 4.78 is 54.9. The van der Waals surface area contributed by atoms with Crippen LogP contribution in [-0.4, -0.2) is 18.4 Å². The molecule has 0 bridgehead atoms. The molecule has 0 spiro atoms. The Morgan fingerprint density at radius 2 is 1.62 bits per heavy atom. The number of halogens is 3. The van der Waals surface area contributed by atoms with E-state index in [-0.39, 0.29) is 27.4 Å². The Labute approximate surface area is 152 Å². The third-order valence-electron chi connectivity index (χ3n) is 3.30. The monoisotopic (exact) mass is 396 g/mol. The van der Waals surface area contributed by atoms with Gasteiger partial charge in [-0.1, -0.05) is 23.7 Å². The van der Waals surface area contributed by atoms with E-state index in [0.717, 1.165) is 12.1 Å². The molecule has 0 unspecified atom stereocenters. The van der Waals surface area contributed by atoms with Gasteiger partial charge in [-0.3, -0.25) is 4.72 Å². The molecule has 2 heterocycles. The number of anilines is 2. The van der Waals surface area contributed by atoms with Gasteiger partial charge in [0.25, 0.3) is 10.0 Å². The highest BCUT2D eigenvalue weighted by Crippen LogP contribution is 2.31. The molecule has 0 aliphatic rings. The van der Waals surface area contributed by atoms with Crippen LogP contribution in [-0.2, 0) is 10.0 Å². The highest BCUT2D eigenvalue weighted by atomic mass is 35.5. The molecule has 3 rings (SSSR count). The molecular weight excluding hydrogens is 386 g/mol. The van der Waals surface area contributed by atoms with E-state index in [2.05, 4.69) is 14.7 Å². The summed E-state index contributed by atoms with van der Waals surface area (Å²) in [7, 11) is -4.10. The zero-order chi connectivity index (χ0) is 18.9. The van der Waals surface area contributed by atoms with Crippen LogP contribution in [0.25, 0.3) is 11.3 Å². The molecule has 0 fully saturated rings.